The molecule has 2 rings (SSSR count). The van der Waals surface area contributed by atoms with Crippen LogP contribution >= 0.6 is 43.6 Å². The first kappa shape index (κ1) is 28.6. The number of fused-ring (bicyclic) bond motifs is 1. The minimum Gasteiger partial charge on any atom is -0.486 e. The van der Waals surface area contributed by atoms with E-state index in [1.807, 2.05) is 0 Å². The van der Waals surface area contributed by atoms with E-state index in [1.54, 1.807) is 14.2 Å². The Balaban J connectivity index is 1.82. The minimum atomic E-state index is 0.331. The van der Waals surface area contributed by atoms with Gasteiger partial charge in [0.2, 0.25) is 0 Å². The van der Waals surface area contributed by atoms with Crippen LogP contribution in [0.5, 0.6) is 11.5 Å². The van der Waals surface area contributed by atoms with Crippen molar-refractivity contribution in [3.8, 4) is 11.5 Å². The van der Waals surface area contributed by atoms with E-state index < -0.39 is 0 Å². The number of halogens is 2. The number of aromatic nitrogens is 2. The van der Waals surface area contributed by atoms with Crippen LogP contribution in [0.2, 0.25) is 0 Å². The highest BCUT2D eigenvalue weighted by Crippen LogP contribution is 2.46. The Bertz CT molecular complexity index is 737. The van der Waals surface area contributed by atoms with Gasteiger partial charge in [0.05, 0.1) is 86.7 Å². The fourth-order valence-electron chi connectivity index (χ4n) is 2.48. The third kappa shape index (κ3) is 10.2. The van der Waals surface area contributed by atoms with Crippen molar-refractivity contribution in [3.05, 3.63) is 8.95 Å². The Morgan fingerprint density at radius 2 is 0.879 bits per heavy atom. The number of hydrogen-bond donors (Lipinski definition) is 0. The molecule has 10 nitrogen and oxygen atoms in total. The first-order chi connectivity index (χ1) is 16.2. The Morgan fingerprint density at radius 1 is 0.545 bits per heavy atom. The zero-order valence-corrected chi connectivity index (χ0v) is 22.8. The van der Waals surface area contributed by atoms with Gasteiger partial charge >= 0.3 is 0 Å². The predicted molar refractivity (Wildman–Crippen MR) is 131 cm³/mol. The standard InChI is InChI=1S/C20H30Br2N2O8S/c1-25-3-5-27-7-9-29-11-13-31-19-15(21)17-18(24-33-23-17)16(22)20(19)32-14-12-30-10-8-28-6-4-26-2/h3-14H2,1-2H3. The Morgan fingerprint density at radius 3 is 1.24 bits per heavy atom. The third-order valence-corrected chi connectivity index (χ3v) is 6.06. The van der Waals surface area contributed by atoms with Crippen molar-refractivity contribution >= 4 is 54.6 Å². The molecule has 0 aliphatic carbocycles. The lowest BCUT2D eigenvalue weighted by molar-refractivity contribution is 0.0159. The van der Waals surface area contributed by atoms with Gasteiger partial charge in [0, 0.05) is 14.2 Å². The zero-order valence-electron chi connectivity index (χ0n) is 18.8. The molecular formula is C20H30Br2N2O8S. The second kappa shape index (κ2) is 17.7. The molecule has 0 unspecified atom stereocenters. The van der Waals surface area contributed by atoms with Crippen molar-refractivity contribution in [2.75, 3.05) is 93.5 Å². The van der Waals surface area contributed by atoms with Crippen molar-refractivity contribution in [2.45, 2.75) is 0 Å². The molecule has 0 amide bonds. The number of benzene rings is 1. The largest absolute Gasteiger partial charge is 0.486 e. The van der Waals surface area contributed by atoms with Crippen LogP contribution in [0, 0.1) is 0 Å². The van der Waals surface area contributed by atoms with Gasteiger partial charge in [-0.25, -0.2) is 0 Å². The summed E-state index contributed by atoms with van der Waals surface area (Å²) in [4.78, 5) is 0. The van der Waals surface area contributed by atoms with Crippen LogP contribution in [0.15, 0.2) is 8.95 Å². The summed E-state index contributed by atoms with van der Waals surface area (Å²) >= 11 is 8.27. The number of nitrogens with zero attached hydrogens (tertiary/aromatic N) is 2. The molecule has 13 heteroatoms. The molecule has 0 atom stereocenters. The second-order valence-electron chi connectivity index (χ2n) is 6.38. The maximum absolute atomic E-state index is 5.98. The smallest absolute Gasteiger partial charge is 0.179 e. The van der Waals surface area contributed by atoms with Crippen LogP contribution < -0.4 is 9.47 Å². The summed E-state index contributed by atoms with van der Waals surface area (Å²) in [6, 6.07) is 0. The molecule has 0 saturated heterocycles. The quantitative estimate of drug-likeness (QED) is 0.206. The molecule has 33 heavy (non-hydrogen) atoms. The van der Waals surface area contributed by atoms with Gasteiger partial charge in [-0.3, -0.25) is 0 Å². The Labute approximate surface area is 214 Å². The molecule has 0 saturated carbocycles. The van der Waals surface area contributed by atoms with E-state index in [1.165, 1.54) is 0 Å². The van der Waals surface area contributed by atoms with Gasteiger partial charge in [0.15, 0.2) is 11.5 Å². The molecular weight excluding hydrogens is 588 g/mol. The van der Waals surface area contributed by atoms with Crippen molar-refractivity contribution in [2.24, 2.45) is 0 Å². The van der Waals surface area contributed by atoms with Gasteiger partial charge in [-0.15, -0.1) is 0 Å². The highest BCUT2D eigenvalue weighted by molar-refractivity contribution is 9.11. The number of methoxy groups -OCH3 is 2. The van der Waals surface area contributed by atoms with Crippen LogP contribution in [0.25, 0.3) is 11.0 Å². The molecule has 0 N–H and O–H groups in total. The normalized spacial score (nSPS) is 11.4. The molecule has 188 valence electrons. The monoisotopic (exact) mass is 616 g/mol. The Hall–Kier alpha value is -0.640. The molecule has 0 radical (unpaired) electrons. The lowest BCUT2D eigenvalue weighted by atomic mass is 10.2. The average Bonchev–Trinajstić information content (AvgIpc) is 3.32. The lowest BCUT2D eigenvalue weighted by Crippen LogP contribution is -2.14. The fourth-order valence-corrected chi connectivity index (χ4v) is 4.42. The summed E-state index contributed by atoms with van der Waals surface area (Å²) in [5.41, 5.74) is 1.40. The summed E-state index contributed by atoms with van der Waals surface area (Å²) in [7, 11) is 3.27. The minimum absolute atomic E-state index is 0.331. The van der Waals surface area contributed by atoms with E-state index in [-0.39, 0.29) is 0 Å². The van der Waals surface area contributed by atoms with Crippen LogP contribution in [0.3, 0.4) is 0 Å². The fraction of sp³-hybridized carbons (Fsp3) is 0.700. The van der Waals surface area contributed by atoms with E-state index in [4.69, 9.17) is 37.9 Å². The van der Waals surface area contributed by atoms with Crippen molar-refractivity contribution in [1.29, 1.82) is 0 Å². The number of hydrogen-bond acceptors (Lipinski definition) is 11. The highest BCUT2D eigenvalue weighted by atomic mass is 79.9. The predicted octanol–water partition coefficient (Wildman–Crippen LogP) is 3.33. The van der Waals surface area contributed by atoms with Crippen LogP contribution in [0.4, 0.5) is 0 Å². The third-order valence-electron chi connectivity index (χ3n) is 4.07. The summed E-state index contributed by atoms with van der Waals surface area (Å²) < 4.78 is 53.7. The van der Waals surface area contributed by atoms with E-state index >= 15 is 0 Å². The SMILES string of the molecule is COCCOCCOCCOc1c(OCCOCCOCCOC)c(Br)c2nsnc2c1Br. The van der Waals surface area contributed by atoms with Gasteiger partial charge < -0.3 is 37.9 Å². The van der Waals surface area contributed by atoms with Crippen molar-refractivity contribution < 1.29 is 37.9 Å². The van der Waals surface area contributed by atoms with E-state index in [9.17, 15) is 0 Å². The van der Waals surface area contributed by atoms with E-state index in [2.05, 4.69) is 40.6 Å². The van der Waals surface area contributed by atoms with Crippen LogP contribution in [-0.2, 0) is 28.4 Å². The molecule has 0 bridgehead atoms. The molecule has 0 aliphatic heterocycles. The number of rotatable bonds is 20. The van der Waals surface area contributed by atoms with E-state index in [0.29, 0.717) is 111 Å². The van der Waals surface area contributed by atoms with Crippen molar-refractivity contribution in [1.82, 2.24) is 8.75 Å². The van der Waals surface area contributed by atoms with Gasteiger partial charge in [-0.2, -0.15) is 8.75 Å². The second-order valence-corrected chi connectivity index (χ2v) is 8.49. The first-order valence-electron chi connectivity index (χ1n) is 10.4. The molecule has 0 aliphatic rings. The maximum atomic E-state index is 5.98. The van der Waals surface area contributed by atoms with Gasteiger partial charge in [0.25, 0.3) is 0 Å². The topological polar surface area (TPSA) is 99.6 Å². The average molecular weight is 618 g/mol. The van der Waals surface area contributed by atoms with Crippen LogP contribution in [-0.4, -0.2) is 102 Å². The molecule has 0 spiro atoms. The highest BCUT2D eigenvalue weighted by Gasteiger charge is 2.22. The van der Waals surface area contributed by atoms with Crippen molar-refractivity contribution in [3.63, 3.8) is 0 Å². The molecule has 0 fully saturated rings. The maximum Gasteiger partial charge on any atom is 0.179 e. The molecule has 1 heterocycles. The van der Waals surface area contributed by atoms with Gasteiger partial charge in [-0.1, -0.05) is 0 Å². The first-order valence-corrected chi connectivity index (χ1v) is 12.7. The summed E-state index contributed by atoms with van der Waals surface area (Å²) in [6.07, 6.45) is 0. The summed E-state index contributed by atoms with van der Waals surface area (Å²) in [5.74, 6) is 1.06. The van der Waals surface area contributed by atoms with Gasteiger partial charge in [0.1, 0.15) is 24.2 Å². The zero-order chi connectivity index (χ0) is 23.7. The van der Waals surface area contributed by atoms with Gasteiger partial charge in [-0.05, 0) is 31.9 Å². The summed E-state index contributed by atoms with van der Waals surface area (Å²) in [5, 5.41) is 0. The summed E-state index contributed by atoms with van der Waals surface area (Å²) in [6.45, 7) is 5.64. The number of ether oxygens (including phenoxy) is 8. The molecule has 2 aromatic rings. The Kier molecular flexibility index (Phi) is 15.4. The molecule has 1 aromatic carbocycles. The van der Waals surface area contributed by atoms with Crippen LogP contribution in [0.1, 0.15) is 0 Å². The lowest BCUT2D eigenvalue weighted by Gasteiger charge is -2.16. The van der Waals surface area contributed by atoms with E-state index in [0.717, 1.165) is 11.7 Å². The molecule has 1 aromatic heterocycles.